The molecule has 0 unspecified atom stereocenters. The monoisotopic (exact) mass is 216 g/mol. The Bertz CT molecular complexity index is 487. The van der Waals surface area contributed by atoms with Crippen LogP contribution < -0.4 is 11.1 Å². The Morgan fingerprint density at radius 1 is 1.31 bits per heavy atom. The van der Waals surface area contributed by atoms with Crippen LogP contribution in [0, 0.1) is 0 Å². The van der Waals surface area contributed by atoms with Crippen molar-refractivity contribution in [1.82, 2.24) is 19.7 Å². The molecule has 16 heavy (non-hydrogen) atoms. The minimum absolute atomic E-state index is 0.384. The van der Waals surface area contributed by atoms with Crippen molar-refractivity contribution in [2.75, 3.05) is 11.1 Å². The summed E-state index contributed by atoms with van der Waals surface area (Å²) < 4.78 is 1.60. The first-order valence-electron chi connectivity index (χ1n) is 5.22. The fourth-order valence-corrected chi connectivity index (χ4v) is 1.47. The lowest BCUT2D eigenvalue weighted by Gasteiger charge is -2.00. The Balaban J connectivity index is 1.91. The molecule has 2 aromatic rings. The summed E-state index contributed by atoms with van der Waals surface area (Å²) in [6.45, 7) is 0. The van der Waals surface area contributed by atoms with Crippen LogP contribution in [0.5, 0.6) is 0 Å². The maximum absolute atomic E-state index is 5.80. The van der Waals surface area contributed by atoms with Gasteiger partial charge in [0.15, 0.2) is 0 Å². The molecule has 0 amide bonds. The van der Waals surface area contributed by atoms with Crippen molar-refractivity contribution < 1.29 is 0 Å². The third-order valence-corrected chi connectivity index (χ3v) is 2.45. The second-order valence-corrected chi connectivity index (χ2v) is 3.83. The van der Waals surface area contributed by atoms with Gasteiger partial charge in [0.25, 0.3) is 0 Å². The summed E-state index contributed by atoms with van der Waals surface area (Å²) >= 11 is 0. The highest BCUT2D eigenvalue weighted by Crippen LogP contribution is 2.23. The molecule has 2 heterocycles. The van der Waals surface area contributed by atoms with E-state index in [4.69, 9.17) is 5.73 Å². The van der Waals surface area contributed by atoms with Gasteiger partial charge in [0, 0.05) is 18.4 Å². The lowest BCUT2D eigenvalue weighted by Crippen LogP contribution is -2.04. The van der Waals surface area contributed by atoms with Gasteiger partial charge in [-0.15, -0.1) is 5.10 Å². The minimum Gasteiger partial charge on any atom is -0.368 e. The maximum atomic E-state index is 5.80. The molecule has 1 aliphatic rings. The van der Waals surface area contributed by atoms with Crippen LogP contribution in [0.15, 0.2) is 24.5 Å². The summed E-state index contributed by atoms with van der Waals surface area (Å²) in [5, 5.41) is 7.51. The van der Waals surface area contributed by atoms with E-state index < -0.39 is 0 Å². The summed E-state index contributed by atoms with van der Waals surface area (Å²) in [7, 11) is 0. The second kappa shape index (κ2) is 3.48. The zero-order chi connectivity index (χ0) is 11.0. The molecule has 1 saturated carbocycles. The minimum atomic E-state index is 0.384. The fraction of sp³-hybridized carbons (Fsp3) is 0.300. The van der Waals surface area contributed by atoms with Gasteiger partial charge in [-0.2, -0.15) is 9.67 Å². The normalized spacial score (nSPS) is 15.0. The van der Waals surface area contributed by atoms with Gasteiger partial charge in [-0.3, -0.25) is 4.98 Å². The van der Waals surface area contributed by atoms with E-state index in [1.807, 2.05) is 12.1 Å². The van der Waals surface area contributed by atoms with Gasteiger partial charge in [0.1, 0.15) is 0 Å². The van der Waals surface area contributed by atoms with Crippen LogP contribution in [0.2, 0.25) is 0 Å². The highest BCUT2D eigenvalue weighted by molar-refractivity contribution is 5.41. The molecule has 0 aliphatic heterocycles. The van der Waals surface area contributed by atoms with Crippen LogP contribution in [-0.4, -0.2) is 25.8 Å². The number of hydrogen-bond acceptors (Lipinski definition) is 5. The molecular formula is C10H12N6. The Labute approximate surface area is 92.5 Å². The zero-order valence-electron chi connectivity index (χ0n) is 8.67. The van der Waals surface area contributed by atoms with Gasteiger partial charge in [-0.1, -0.05) is 0 Å². The molecule has 3 rings (SSSR count). The highest BCUT2D eigenvalue weighted by atomic mass is 15.4. The van der Waals surface area contributed by atoms with Crippen molar-refractivity contribution in [3.05, 3.63) is 24.5 Å². The van der Waals surface area contributed by atoms with E-state index in [2.05, 4.69) is 20.4 Å². The van der Waals surface area contributed by atoms with E-state index in [0.717, 1.165) is 5.69 Å². The van der Waals surface area contributed by atoms with Gasteiger partial charge in [0.2, 0.25) is 11.9 Å². The molecule has 0 atom stereocenters. The van der Waals surface area contributed by atoms with Crippen LogP contribution in [0.4, 0.5) is 11.9 Å². The molecule has 0 saturated heterocycles. The Kier molecular flexibility index (Phi) is 1.99. The Morgan fingerprint density at radius 3 is 2.75 bits per heavy atom. The molecule has 6 nitrogen and oxygen atoms in total. The number of anilines is 2. The Hall–Kier alpha value is -2.11. The zero-order valence-corrected chi connectivity index (χ0v) is 8.67. The van der Waals surface area contributed by atoms with Gasteiger partial charge in [0.05, 0.1) is 5.69 Å². The molecule has 2 aromatic heterocycles. The van der Waals surface area contributed by atoms with Crippen molar-refractivity contribution >= 4 is 11.9 Å². The summed E-state index contributed by atoms with van der Waals surface area (Å²) in [5.74, 6) is 0.978. The van der Waals surface area contributed by atoms with E-state index in [-0.39, 0.29) is 0 Å². The van der Waals surface area contributed by atoms with Crippen LogP contribution in [0.3, 0.4) is 0 Å². The molecule has 1 aliphatic carbocycles. The predicted octanol–water partition coefficient (Wildman–Crippen LogP) is 0.819. The van der Waals surface area contributed by atoms with Gasteiger partial charge in [-0.25, -0.2) is 0 Å². The van der Waals surface area contributed by atoms with Crippen LogP contribution in [0.25, 0.3) is 5.69 Å². The van der Waals surface area contributed by atoms with E-state index in [1.165, 1.54) is 12.8 Å². The molecular weight excluding hydrogens is 204 g/mol. The number of nitrogens with zero attached hydrogens (tertiary/aromatic N) is 4. The molecule has 0 radical (unpaired) electrons. The van der Waals surface area contributed by atoms with Gasteiger partial charge >= 0.3 is 0 Å². The van der Waals surface area contributed by atoms with Crippen LogP contribution in [-0.2, 0) is 0 Å². The fourth-order valence-electron chi connectivity index (χ4n) is 1.47. The second-order valence-electron chi connectivity index (χ2n) is 3.83. The first kappa shape index (κ1) is 9.14. The molecule has 82 valence electrons. The number of pyridine rings is 1. The van der Waals surface area contributed by atoms with E-state index in [1.54, 1.807) is 17.1 Å². The van der Waals surface area contributed by atoms with Crippen molar-refractivity contribution in [2.45, 2.75) is 18.9 Å². The molecule has 0 bridgehead atoms. The van der Waals surface area contributed by atoms with Crippen molar-refractivity contribution in [1.29, 1.82) is 0 Å². The van der Waals surface area contributed by atoms with Gasteiger partial charge < -0.3 is 11.1 Å². The average molecular weight is 216 g/mol. The number of hydrogen-bond donors (Lipinski definition) is 2. The Morgan fingerprint density at radius 2 is 2.06 bits per heavy atom. The van der Waals surface area contributed by atoms with Crippen molar-refractivity contribution in [2.24, 2.45) is 0 Å². The number of nitrogens with one attached hydrogen (secondary N) is 1. The van der Waals surface area contributed by atoms with Crippen LogP contribution >= 0.6 is 0 Å². The summed E-state index contributed by atoms with van der Waals surface area (Å²) in [5.41, 5.74) is 6.66. The van der Waals surface area contributed by atoms with E-state index in [9.17, 15) is 0 Å². The lowest BCUT2D eigenvalue weighted by molar-refractivity contribution is 0.884. The van der Waals surface area contributed by atoms with Gasteiger partial charge in [-0.05, 0) is 25.0 Å². The summed E-state index contributed by atoms with van der Waals surface area (Å²) in [6.07, 6.45) is 5.77. The quantitative estimate of drug-likeness (QED) is 0.793. The predicted molar refractivity (Wildman–Crippen MR) is 60.2 cm³/mol. The number of nitrogen functional groups attached to an aromatic ring is 1. The summed E-state index contributed by atoms with van der Waals surface area (Å²) in [4.78, 5) is 8.11. The molecule has 3 N–H and O–H groups in total. The standard InChI is InChI=1S/C10H12N6/c11-9-14-10(13-7-1-2-7)15-16(9)8-3-5-12-6-4-8/h3-7H,1-2H2,(H3,11,13,14,15). The average Bonchev–Trinajstić information content (AvgIpc) is 3.03. The smallest absolute Gasteiger partial charge is 0.244 e. The molecule has 6 heteroatoms. The first-order valence-corrected chi connectivity index (χ1v) is 5.22. The molecule has 0 spiro atoms. The number of nitrogens with two attached hydrogens (primary N) is 1. The highest BCUT2D eigenvalue weighted by Gasteiger charge is 2.23. The maximum Gasteiger partial charge on any atom is 0.244 e. The van der Waals surface area contributed by atoms with Crippen LogP contribution in [0.1, 0.15) is 12.8 Å². The molecule has 1 fully saturated rings. The SMILES string of the molecule is Nc1nc(NC2CC2)nn1-c1ccncc1. The molecule has 0 aromatic carbocycles. The summed E-state index contributed by atoms with van der Waals surface area (Å²) in [6, 6.07) is 4.20. The lowest BCUT2D eigenvalue weighted by atomic mass is 10.4. The third kappa shape index (κ3) is 1.69. The van der Waals surface area contributed by atoms with Crippen molar-refractivity contribution in [3.63, 3.8) is 0 Å². The topological polar surface area (TPSA) is 81.6 Å². The number of rotatable bonds is 3. The van der Waals surface area contributed by atoms with E-state index >= 15 is 0 Å². The number of aromatic nitrogens is 4. The first-order chi connectivity index (χ1) is 7.83. The van der Waals surface area contributed by atoms with E-state index in [0.29, 0.717) is 17.9 Å². The van der Waals surface area contributed by atoms with Crippen molar-refractivity contribution in [3.8, 4) is 5.69 Å². The third-order valence-electron chi connectivity index (χ3n) is 2.45. The largest absolute Gasteiger partial charge is 0.368 e.